The smallest absolute Gasteiger partial charge is 0.296 e. The van der Waals surface area contributed by atoms with Crippen LogP contribution in [0, 0.1) is 3.57 Å². The van der Waals surface area contributed by atoms with E-state index in [4.69, 9.17) is 9.15 Å². The number of aliphatic hydroxyl groups is 1. The molecule has 164 valence electrons. The molecule has 0 spiro atoms. The number of ether oxygens (including phenoxy) is 1. The highest BCUT2D eigenvalue weighted by molar-refractivity contribution is 14.1. The average Bonchev–Trinajstić information content (AvgIpc) is 3.40. The molecule has 6 nitrogen and oxygen atoms in total. The van der Waals surface area contributed by atoms with E-state index in [1.54, 1.807) is 36.4 Å². The molecule has 1 amide bonds. The van der Waals surface area contributed by atoms with Crippen LogP contribution in [0.5, 0.6) is 5.75 Å². The Bertz CT molecular complexity index is 1150. The van der Waals surface area contributed by atoms with Gasteiger partial charge < -0.3 is 19.2 Å². The first-order valence-corrected chi connectivity index (χ1v) is 11.4. The monoisotopic (exact) mass is 543 g/mol. The highest BCUT2D eigenvalue weighted by Crippen LogP contribution is 2.40. The van der Waals surface area contributed by atoms with Gasteiger partial charge in [-0.3, -0.25) is 9.59 Å². The van der Waals surface area contributed by atoms with Crippen LogP contribution in [-0.2, 0) is 16.1 Å². The fraction of sp³-hybridized carbons (Fsp3) is 0.200. The number of Topliss-reactive ketones (excluding diaryl/α,β-unsaturated/α-hetero) is 1. The molecule has 1 unspecified atom stereocenters. The van der Waals surface area contributed by atoms with Crippen molar-refractivity contribution in [2.24, 2.45) is 0 Å². The Kier molecular flexibility index (Phi) is 6.64. The first kappa shape index (κ1) is 22.1. The molecule has 0 bridgehead atoms. The molecule has 2 heterocycles. The van der Waals surface area contributed by atoms with Crippen LogP contribution in [0.3, 0.4) is 0 Å². The van der Waals surface area contributed by atoms with Crippen LogP contribution in [0.25, 0.3) is 5.76 Å². The van der Waals surface area contributed by atoms with Gasteiger partial charge in [0.2, 0.25) is 0 Å². The Morgan fingerprint density at radius 1 is 1.12 bits per heavy atom. The minimum atomic E-state index is -0.739. The third-order valence-electron chi connectivity index (χ3n) is 5.21. The van der Waals surface area contributed by atoms with Gasteiger partial charge in [-0.1, -0.05) is 31.2 Å². The quantitative estimate of drug-likeness (QED) is 0.190. The fourth-order valence-corrected chi connectivity index (χ4v) is 4.07. The molecule has 1 saturated heterocycles. The van der Waals surface area contributed by atoms with Crippen molar-refractivity contribution in [1.29, 1.82) is 0 Å². The summed E-state index contributed by atoms with van der Waals surface area (Å²) in [5.74, 6) is -0.484. The summed E-state index contributed by atoms with van der Waals surface area (Å²) in [5.41, 5.74) is 1.21. The first-order chi connectivity index (χ1) is 15.5. The zero-order valence-corrected chi connectivity index (χ0v) is 19.6. The summed E-state index contributed by atoms with van der Waals surface area (Å²) in [4.78, 5) is 27.5. The third-order valence-corrected chi connectivity index (χ3v) is 5.93. The van der Waals surface area contributed by atoms with Gasteiger partial charge in [0.15, 0.2) is 0 Å². The van der Waals surface area contributed by atoms with Crippen molar-refractivity contribution in [3.8, 4) is 5.75 Å². The Morgan fingerprint density at radius 2 is 1.91 bits per heavy atom. The summed E-state index contributed by atoms with van der Waals surface area (Å²) in [6.07, 6.45) is 2.37. The molecule has 7 heteroatoms. The molecule has 3 aromatic rings. The molecule has 2 aromatic carbocycles. The van der Waals surface area contributed by atoms with Gasteiger partial charge in [-0.2, -0.15) is 0 Å². The second-order valence-corrected chi connectivity index (χ2v) is 8.68. The van der Waals surface area contributed by atoms with Gasteiger partial charge in [-0.05, 0) is 71.0 Å². The van der Waals surface area contributed by atoms with Crippen molar-refractivity contribution < 1.29 is 23.8 Å². The van der Waals surface area contributed by atoms with Crippen LogP contribution in [0.2, 0.25) is 0 Å². The molecule has 1 fully saturated rings. The molecule has 0 radical (unpaired) electrons. The summed E-state index contributed by atoms with van der Waals surface area (Å²) >= 11 is 2.20. The number of hydrogen-bond donors (Lipinski definition) is 1. The standard InChI is InChI=1S/C25H22INO5/c1-2-12-31-19-6-3-5-17(14-19)23(28)21-22(16-8-10-18(26)11-9-16)27(25(30)24(21)29)15-20-7-4-13-32-20/h3-11,13-14,22,28H,2,12,15H2,1H3. The van der Waals surface area contributed by atoms with Crippen LogP contribution in [0.15, 0.2) is 76.9 Å². The lowest BCUT2D eigenvalue weighted by Crippen LogP contribution is -2.29. The summed E-state index contributed by atoms with van der Waals surface area (Å²) < 4.78 is 12.1. The third kappa shape index (κ3) is 4.43. The van der Waals surface area contributed by atoms with Gasteiger partial charge in [-0.25, -0.2) is 0 Å². The molecule has 1 aromatic heterocycles. The van der Waals surface area contributed by atoms with E-state index in [1.165, 1.54) is 11.2 Å². The van der Waals surface area contributed by atoms with E-state index in [9.17, 15) is 14.7 Å². The number of halogens is 1. The summed E-state index contributed by atoms with van der Waals surface area (Å²) in [6, 6.07) is 17.2. The van der Waals surface area contributed by atoms with E-state index in [0.717, 1.165) is 15.6 Å². The lowest BCUT2D eigenvalue weighted by atomic mass is 9.95. The Morgan fingerprint density at radius 3 is 2.59 bits per heavy atom. The normalized spacial score (nSPS) is 17.7. The topological polar surface area (TPSA) is 80.0 Å². The molecule has 1 N–H and O–H groups in total. The number of ketones is 1. The van der Waals surface area contributed by atoms with Crippen LogP contribution in [-0.4, -0.2) is 28.3 Å². The van der Waals surface area contributed by atoms with E-state index in [2.05, 4.69) is 22.6 Å². The number of carbonyl (C=O) groups excluding carboxylic acids is 2. The van der Waals surface area contributed by atoms with Crippen LogP contribution in [0.1, 0.15) is 36.3 Å². The van der Waals surface area contributed by atoms with Crippen molar-refractivity contribution in [2.45, 2.75) is 25.9 Å². The predicted octanol–water partition coefficient (Wildman–Crippen LogP) is 5.29. The van der Waals surface area contributed by atoms with Crippen molar-refractivity contribution in [2.75, 3.05) is 6.61 Å². The number of likely N-dealkylation sites (tertiary alicyclic amines) is 1. The number of aliphatic hydroxyl groups excluding tert-OH is 1. The average molecular weight is 543 g/mol. The predicted molar refractivity (Wildman–Crippen MR) is 128 cm³/mol. The van der Waals surface area contributed by atoms with E-state index in [-0.39, 0.29) is 17.9 Å². The molecule has 0 aliphatic carbocycles. The van der Waals surface area contributed by atoms with E-state index in [1.807, 2.05) is 31.2 Å². The van der Waals surface area contributed by atoms with E-state index < -0.39 is 17.7 Å². The molecular weight excluding hydrogens is 521 g/mol. The van der Waals surface area contributed by atoms with E-state index >= 15 is 0 Å². The molecule has 1 atom stereocenters. The zero-order chi connectivity index (χ0) is 22.7. The SMILES string of the molecule is CCCOc1cccc(C(O)=C2C(=O)C(=O)N(Cc3ccco3)C2c2ccc(I)cc2)c1. The number of amides is 1. The highest BCUT2D eigenvalue weighted by atomic mass is 127. The Balaban J connectivity index is 1.81. The lowest BCUT2D eigenvalue weighted by Gasteiger charge is -2.24. The van der Waals surface area contributed by atoms with Gasteiger partial charge in [0.25, 0.3) is 11.7 Å². The fourth-order valence-electron chi connectivity index (χ4n) is 3.71. The highest BCUT2D eigenvalue weighted by Gasteiger charge is 2.46. The van der Waals surface area contributed by atoms with Crippen molar-refractivity contribution in [1.82, 2.24) is 4.90 Å². The summed E-state index contributed by atoms with van der Waals surface area (Å²) in [7, 11) is 0. The number of benzene rings is 2. The Hall–Kier alpha value is -3.07. The largest absolute Gasteiger partial charge is 0.507 e. The maximum atomic E-state index is 13.1. The molecule has 1 aliphatic rings. The van der Waals surface area contributed by atoms with Gasteiger partial charge in [0.1, 0.15) is 17.3 Å². The minimum Gasteiger partial charge on any atom is -0.507 e. The first-order valence-electron chi connectivity index (χ1n) is 10.3. The second-order valence-electron chi connectivity index (χ2n) is 7.43. The second kappa shape index (κ2) is 9.60. The minimum absolute atomic E-state index is 0.0513. The number of rotatable bonds is 7. The molecule has 4 rings (SSSR count). The van der Waals surface area contributed by atoms with Crippen molar-refractivity contribution >= 4 is 40.0 Å². The van der Waals surface area contributed by atoms with Gasteiger partial charge in [0, 0.05) is 9.13 Å². The number of hydrogen-bond acceptors (Lipinski definition) is 5. The summed E-state index contributed by atoms with van der Waals surface area (Å²) in [6.45, 7) is 2.66. The maximum Gasteiger partial charge on any atom is 0.296 e. The van der Waals surface area contributed by atoms with Gasteiger partial charge >= 0.3 is 0 Å². The molecular formula is C25H22INO5. The molecule has 32 heavy (non-hydrogen) atoms. The Labute approximate surface area is 199 Å². The van der Waals surface area contributed by atoms with Gasteiger partial charge in [0.05, 0.1) is 31.0 Å². The van der Waals surface area contributed by atoms with E-state index in [0.29, 0.717) is 23.7 Å². The lowest BCUT2D eigenvalue weighted by molar-refractivity contribution is -0.140. The van der Waals surface area contributed by atoms with Gasteiger partial charge in [-0.15, -0.1) is 0 Å². The number of furan rings is 1. The number of carbonyl (C=O) groups is 2. The van der Waals surface area contributed by atoms with Crippen molar-refractivity contribution in [3.05, 3.63) is 93.0 Å². The van der Waals surface area contributed by atoms with Crippen LogP contribution < -0.4 is 4.74 Å². The number of nitrogens with zero attached hydrogens (tertiary/aromatic N) is 1. The molecule has 0 saturated carbocycles. The summed E-state index contributed by atoms with van der Waals surface area (Å²) in [5, 5.41) is 11.2. The van der Waals surface area contributed by atoms with Crippen molar-refractivity contribution in [3.63, 3.8) is 0 Å². The van der Waals surface area contributed by atoms with Crippen LogP contribution in [0.4, 0.5) is 0 Å². The maximum absolute atomic E-state index is 13.1. The zero-order valence-electron chi connectivity index (χ0n) is 17.5. The molecule has 1 aliphatic heterocycles. The van der Waals surface area contributed by atoms with Crippen LogP contribution >= 0.6 is 22.6 Å².